The second kappa shape index (κ2) is 7.00. The van der Waals surface area contributed by atoms with Gasteiger partial charge in [0.2, 0.25) is 5.91 Å². The van der Waals surface area contributed by atoms with Crippen molar-refractivity contribution in [3.8, 4) is 0 Å². The summed E-state index contributed by atoms with van der Waals surface area (Å²) in [5.41, 5.74) is 0.389. The Kier molecular flexibility index (Phi) is 5.96. The third kappa shape index (κ3) is 5.53. The number of rotatable bonds is 6. The lowest BCUT2D eigenvalue weighted by Gasteiger charge is -2.28. The van der Waals surface area contributed by atoms with E-state index in [0.29, 0.717) is 31.0 Å². The summed E-state index contributed by atoms with van der Waals surface area (Å²) in [4.78, 5) is 13.9. The van der Waals surface area contributed by atoms with Crippen LogP contribution in [-0.4, -0.2) is 37.1 Å². The molecule has 1 aliphatic heterocycles. The minimum Gasteiger partial charge on any atom is -0.378 e. The Bertz CT molecular complexity index is 232. The first-order valence-corrected chi connectivity index (χ1v) is 6.91. The molecule has 17 heavy (non-hydrogen) atoms. The van der Waals surface area contributed by atoms with Crippen LogP contribution in [0, 0.1) is 5.41 Å². The summed E-state index contributed by atoms with van der Waals surface area (Å²) < 4.78 is 5.25. The van der Waals surface area contributed by atoms with Gasteiger partial charge in [-0.25, -0.2) is 0 Å². The van der Waals surface area contributed by atoms with Crippen molar-refractivity contribution >= 4 is 5.91 Å². The molecule has 3 nitrogen and oxygen atoms in total. The second-order valence-corrected chi connectivity index (χ2v) is 5.76. The van der Waals surface area contributed by atoms with Crippen LogP contribution in [-0.2, 0) is 9.53 Å². The van der Waals surface area contributed by atoms with Crippen molar-refractivity contribution in [3.05, 3.63) is 0 Å². The molecule has 0 saturated carbocycles. The van der Waals surface area contributed by atoms with Crippen LogP contribution in [0.5, 0.6) is 0 Å². The van der Waals surface area contributed by atoms with Crippen LogP contribution in [0.3, 0.4) is 0 Å². The summed E-state index contributed by atoms with van der Waals surface area (Å²) in [6, 6.07) is 0. The van der Waals surface area contributed by atoms with E-state index in [1.165, 1.54) is 12.8 Å². The van der Waals surface area contributed by atoms with E-state index in [1.807, 2.05) is 4.90 Å². The Balaban J connectivity index is 2.19. The van der Waals surface area contributed by atoms with Gasteiger partial charge in [-0.15, -0.1) is 0 Å². The number of hydrogen-bond acceptors (Lipinski definition) is 2. The summed E-state index contributed by atoms with van der Waals surface area (Å²) in [7, 11) is 0. The maximum atomic E-state index is 11.9. The monoisotopic (exact) mass is 241 g/mol. The van der Waals surface area contributed by atoms with Crippen LogP contribution in [0.4, 0.5) is 0 Å². The lowest BCUT2D eigenvalue weighted by Crippen LogP contribution is -2.40. The molecule has 0 aromatic rings. The Morgan fingerprint density at radius 1 is 1.24 bits per heavy atom. The van der Waals surface area contributed by atoms with Gasteiger partial charge in [-0.3, -0.25) is 4.79 Å². The molecule has 3 heteroatoms. The Hall–Kier alpha value is -0.570. The molecule has 1 aliphatic rings. The first-order valence-electron chi connectivity index (χ1n) is 6.91. The fourth-order valence-electron chi connectivity index (χ4n) is 2.49. The molecule has 0 aliphatic carbocycles. The average molecular weight is 241 g/mol. The Morgan fingerprint density at radius 3 is 2.47 bits per heavy atom. The normalized spacial score (nSPS) is 17.2. The highest BCUT2D eigenvalue weighted by molar-refractivity contribution is 5.76. The van der Waals surface area contributed by atoms with Gasteiger partial charge < -0.3 is 9.64 Å². The molecule has 1 heterocycles. The van der Waals surface area contributed by atoms with E-state index >= 15 is 0 Å². The number of carbonyl (C=O) groups excluding carboxylic acids is 1. The zero-order valence-corrected chi connectivity index (χ0v) is 11.6. The Morgan fingerprint density at radius 2 is 1.88 bits per heavy atom. The Labute approximate surface area is 106 Å². The molecule has 0 aromatic heterocycles. The van der Waals surface area contributed by atoms with Gasteiger partial charge in [-0.2, -0.15) is 0 Å². The number of amides is 1. The van der Waals surface area contributed by atoms with Gasteiger partial charge in [0, 0.05) is 19.5 Å². The minimum absolute atomic E-state index is 0.306. The number of hydrogen-bond donors (Lipinski definition) is 0. The van der Waals surface area contributed by atoms with Gasteiger partial charge in [-0.1, -0.05) is 27.2 Å². The van der Waals surface area contributed by atoms with Gasteiger partial charge in [0.25, 0.3) is 0 Å². The molecule has 0 N–H and O–H groups in total. The van der Waals surface area contributed by atoms with Crippen molar-refractivity contribution < 1.29 is 9.53 Å². The maximum Gasteiger partial charge on any atom is 0.222 e. The number of nitrogens with zero attached hydrogens (tertiary/aromatic N) is 1. The van der Waals surface area contributed by atoms with Crippen LogP contribution in [0.2, 0.25) is 0 Å². The van der Waals surface area contributed by atoms with Crippen LogP contribution in [0.15, 0.2) is 0 Å². The van der Waals surface area contributed by atoms with Gasteiger partial charge in [-0.05, 0) is 24.7 Å². The minimum atomic E-state index is 0.306. The van der Waals surface area contributed by atoms with Gasteiger partial charge >= 0.3 is 0 Å². The van der Waals surface area contributed by atoms with Crippen molar-refractivity contribution in [1.29, 1.82) is 0 Å². The third-order valence-electron chi connectivity index (χ3n) is 3.53. The molecular weight excluding hydrogens is 214 g/mol. The van der Waals surface area contributed by atoms with E-state index in [9.17, 15) is 4.79 Å². The largest absolute Gasteiger partial charge is 0.378 e. The quantitative estimate of drug-likeness (QED) is 0.715. The molecule has 0 bridgehead atoms. The summed E-state index contributed by atoms with van der Waals surface area (Å²) in [5, 5.41) is 0. The topological polar surface area (TPSA) is 29.5 Å². The highest BCUT2D eigenvalue weighted by Crippen LogP contribution is 2.28. The van der Waals surface area contributed by atoms with Crippen LogP contribution in [0.1, 0.15) is 52.9 Å². The molecule has 0 aromatic carbocycles. The van der Waals surface area contributed by atoms with E-state index in [0.717, 1.165) is 25.9 Å². The molecule has 0 radical (unpaired) electrons. The van der Waals surface area contributed by atoms with E-state index in [4.69, 9.17) is 4.74 Å². The summed E-state index contributed by atoms with van der Waals surface area (Å²) in [6.45, 7) is 9.78. The smallest absolute Gasteiger partial charge is 0.222 e. The average Bonchev–Trinajstić information content (AvgIpc) is 2.29. The van der Waals surface area contributed by atoms with E-state index < -0.39 is 0 Å². The number of morpholine rings is 1. The molecule has 1 saturated heterocycles. The van der Waals surface area contributed by atoms with Crippen molar-refractivity contribution in [2.24, 2.45) is 5.41 Å². The zero-order chi connectivity index (χ0) is 12.7. The molecular formula is C14H27NO2. The third-order valence-corrected chi connectivity index (χ3v) is 3.53. The van der Waals surface area contributed by atoms with Gasteiger partial charge in [0.15, 0.2) is 0 Å². The summed E-state index contributed by atoms with van der Waals surface area (Å²) in [6.07, 6.45) is 5.34. The van der Waals surface area contributed by atoms with Crippen LogP contribution in [0.25, 0.3) is 0 Å². The van der Waals surface area contributed by atoms with E-state index in [-0.39, 0.29) is 0 Å². The van der Waals surface area contributed by atoms with Crippen molar-refractivity contribution in [1.82, 2.24) is 4.90 Å². The van der Waals surface area contributed by atoms with Crippen molar-refractivity contribution in [2.45, 2.75) is 52.9 Å². The summed E-state index contributed by atoms with van der Waals surface area (Å²) in [5.74, 6) is 0.306. The maximum absolute atomic E-state index is 11.9. The second-order valence-electron chi connectivity index (χ2n) is 5.76. The molecule has 1 rings (SSSR count). The fourth-order valence-corrected chi connectivity index (χ4v) is 2.49. The van der Waals surface area contributed by atoms with Crippen molar-refractivity contribution in [3.63, 3.8) is 0 Å². The molecule has 1 amide bonds. The molecule has 0 unspecified atom stereocenters. The standard InChI is InChI=1S/C14H27NO2/c1-4-7-14(2,3)8-5-6-13(16)15-9-11-17-12-10-15/h4-12H2,1-3H3. The van der Waals surface area contributed by atoms with Gasteiger partial charge in [0.1, 0.15) is 0 Å². The van der Waals surface area contributed by atoms with Crippen LogP contribution >= 0.6 is 0 Å². The van der Waals surface area contributed by atoms with E-state index in [1.54, 1.807) is 0 Å². The highest BCUT2D eigenvalue weighted by atomic mass is 16.5. The number of ether oxygens (including phenoxy) is 1. The van der Waals surface area contributed by atoms with Crippen LogP contribution < -0.4 is 0 Å². The molecule has 0 atom stereocenters. The fraction of sp³-hybridized carbons (Fsp3) is 0.929. The molecule has 1 fully saturated rings. The predicted octanol–water partition coefficient (Wildman–Crippen LogP) is 2.84. The van der Waals surface area contributed by atoms with Gasteiger partial charge in [0.05, 0.1) is 13.2 Å². The first-order chi connectivity index (χ1) is 8.05. The first kappa shape index (κ1) is 14.5. The van der Waals surface area contributed by atoms with Crippen molar-refractivity contribution in [2.75, 3.05) is 26.3 Å². The predicted molar refractivity (Wildman–Crippen MR) is 69.9 cm³/mol. The SMILES string of the molecule is CCCC(C)(C)CCCC(=O)N1CCOCC1. The highest BCUT2D eigenvalue weighted by Gasteiger charge is 2.19. The number of carbonyl (C=O) groups is 1. The lowest BCUT2D eigenvalue weighted by molar-refractivity contribution is -0.135. The van der Waals surface area contributed by atoms with E-state index in [2.05, 4.69) is 20.8 Å². The molecule has 100 valence electrons. The zero-order valence-electron chi connectivity index (χ0n) is 11.6. The summed E-state index contributed by atoms with van der Waals surface area (Å²) >= 11 is 0. The molecule has 0 spiro atoms. The lowest BCUT2D eigenvalue weighted by atomic mass is 9.83.